The maximum atomic E-state index is 14.0. The normalized spacial score (nSPS) is 17.3. The van der Waals surface area contributed by atoms with Crippen LogP contribution in [-0.2, 0) is 0 Å². The maximum Gasteiger partial charge on any atom is 0.148 e. The fraction of sp³-hybridized carbons (Fsp3) is 0.571. The SMILES string of the molecule is OCC(O)CNc1cccc(F)c1N1CCCCC1. The van der Waals surface area contributed by atoms with Gasteiger partial charge >= 0.3 is 0 Å². The lowest BCUT2D eigenvalue weighted by Crippen LogP contribution is -2.31. The first-order valence-electron chi connectivity index (χ1n) is 6.78. The summed E-state index contributed by atoms with van der Waals surface area (Å²) in [6, 6.07) is 4.91. The number of hydrogen-bond donors (Lipinski definition) is 3. The third kappa shape index (κ3) is 3.58. The summed E-state index contributed by atoms with van der Waals surface area (Å²) in [5.41, 5.74) is 1.25. The Morgan fingerprint density at radius 3 is 2.68 bits per heavy atom. The van der Waals surface area contributed by atoms with Gasteiger partial charge in [-0.25, -0.2) is 4.39 Å². The molecule has 1 atom stereocenters. The van der Waals surface area contributed by atoms with Crippen LogP contribution < -0.4 is 10.2 Å². The smallest absolute Gasteiger partial charge is 0.148 e. The molecule has 19 heavy (non-hydrogen) atoms. The second-order valence-electron chi connectivity index (χ2n) is 4.90. The van der Waals surface area contributed by atoms with Gasteiger partial charge in [-0.05, 0) is 31.4 Å². The van der Waals surface area contributed by atoms with E-state index in [1.807, 2.05) is 4.90 Å². The average molecular weight is 268 g/mol. The van der Waals surface area contributed by atoms with E-state index in [4.69, 9.17) is 5.11 Å². The lowest BCUT2D eigenvalue weighted by Gasteiger charge is -2.31. The summed E-state index contributed by atoms with van der Waals surface area (Å²) in [5, 5.41) is 21.2. The van der Waals surface area contributed by atoms with Crippen molar-refractivity contribution in [2.75, 3.05) is 36.5 Å². The van der Waals surface area contributed by atoms with Crippen LogP contribution in [0.5, 0.6) is 0 Å². The number of aliphatic hydroxyl groups is 2. The van der Waals surface area contributed by atoms with E-state index in [1.165, 1.54) is 12.5 Å². The number of nitrogens with zero attached hydrogens (tertiary/aromatic N) is 1. The molecule has 1 aliphatic heterocycles. The molecule has 3 N–H and O–H groups in total. The van der Waals surface area contributed by atoms with E-state index in [2.05, 4.69) is 5.32 Å². The van der Waals surface area contributed by atoms with Crippen LogP contribution in [0.1, 0.15) is 19.3 Å². The van der Waals surface area contributed by atoms with Gasteiger partial charge in [-0.3, -0.25) is 0 Å². The standard InChI is InChI=1S/C14H21FN2O2/c15-12-5-4-6-13(16-9-11(19)10-18)14(12)17-7-2-1-3-8-17/h4-6,11,16,18-19H,1-3,7-10H2. The minimum absolute atomic E-state index is 0.209. The molecule has 1 fully saturated rings. The number of anilines is 2. The van der Waals surface area contributed by atoms with Crippen LogP contribution in [0.25, 0.3) is 0 Å². The predicted molar refractivity (Wildman–Crippen MR) is 74.0 cm³/mol. The summed E-state index contributed by atoms with van der Waals surface area (Å²) >= 11 is 0. The molecular weight excluding hydrogens is 247 g/mol. The predicted octanol–water partition coefficient (Wildman–Crippen LogP) is 1.58. The number of halogens is 1. The van der Waals surface area contributed by atoms with Crippen LogP contribution in [0.4, 0.5) is 15.8 Å². The molecule has 0 bridgehead atoms. The molecule has 0 saturated carbocycles. The molecule has 106 valence electrons. The molecule has 1 aromatic rings. The lowest BCUT2D eigenvalue weighted by atomic mass is 10.1. The van der Waals surface area contributed by atoms with Crippen molar-refractivity contribution in [3.63, 3.8) is 0 Å². The summed E-state index contributed by atoms with van der Waals surface area (Å²) in [6.45, 7) is 1.62. The van der Waals surface area contributed by atoms with E-state index in [9.17, 15) is 9.50 Å². The third-order valence-corrected chi connectivity index (χ3v) is 3.40. The van der Waals surface area contributed by atoms with E-state index in [0.29, 0.717) is 11.4 Å². The fourth-order valence-electron chi connectivity index (χ4n) is 2.39. The van der Waals surface area contributed by atoms with Crippen molar-refractivity contribution >= 4 is 11.4 Å². The van der Waals surface area contributed by atoms with Crippen LogP contribution in [0.2, 0.25) is 0 Å². The number of rotatable bonds is 5. The summed E-state index contributed by atoms with van der Waals surface area (Å²) in [7, 11) is 0. The van der Waals surface area contributed by atoms with E-state index in [1.54, 1.807) is 12.1 Å². The van der Waals surface area contributed by atoms with E-state index in [0.717, 1.165) is 25.9 Å². The van der Waals surface area contributed by atoms with Gasteiger partial charge in [0.25, 0.3) is 0 Å². The number of para-hydroxylation sites is 1. The zero-order valence-electron chi connectivity index (χ0n) is 11.0. The molecule has 1 unspecified atom stereocenters. The van der Waals surface area contributed by atoms with Crippen LogP contribution in [0.15, 0.2) is 18.2 Å². The number of hydrogen-bond acceptors (Lipinski definition) is 4. The number of aliphatic hydroxyl groups excluding tert-OH is 2. The van der Waals surface area contributed by atoms with Gasteiger partial charge < -0.3 is 20.4 Å². The van der Waals surface area contributed by atoms with E-state index < -0.39 is 6.10 Å². The fourth-order valence-corrected chi connectivity index (χ4v) is 2.39. The van der Waals surface area contributed by atoms with Crippen molar-refractivity contribution < 1.29 is 14.6 Å². The largest absolute Gasteiger partial charge is 0.394 e. The van der Waals surface area contributed by atoms with Gasteiger partial charge in [-0.15, -0.1) is 0 Å². The summed E-state index contributed by atoms with van der Waals surface area (Å²) in [4.78, 5) is 2.05. The summed E-state index contributed by atoms with van der Waals surface area (Å²) < 4.78 is 14.0. The van der Waals surface area contributed by atoms with Gasteiger partial charge in [0.15, 0.2) is 0 Å². The van der Waals surface area contributed by atoms with Crippen molar-refractivity contribution in [2.24, 2.45) is 0 Å². The van der Waals surface area contributed by atoms with Gasteiger partial charge in [0, 0.05) is 19.6 Å². The average Bonchev–Trinajstić information content (AvgIpc) is 2.45. The summed E-state index contributed by atoms with van der Waals surface area (Å²) in [6.07, 6.45) is 2.51. The first-order chi connectivity index (χ1) is 9.22. The Morgan fingerprint density at radius 1 is 1.26 bits per heavy atom. The molecule has 0 aromatic heterocycles. The van der Waals surface area contributed by atoms with E-state index in [-0.39, 0.29) is 19.0 Å². The number of nitrogens with one attached hydrogen (secondary N) is 1. The quantitative estimate of drug-likeness (QED) is 0.759. The van der Waals surface area contributed by atoms with Crippen LogP contribution in [0, 0.1) is 5.82 Å². The van der Waals surface area contributed by atoms with Crippen LogP contribution in [0.3, 0.4) is 0 Å². The Labute approximate surface area is 112 Å². The molecule has 0 aliphatic carbocycles. The first kappa shape index (κ1) is 14.1. The van der Waals surface area contributed by atoms with Crippen molar-refractivity contribution in [1.82, 2.24) is 0 Å². The Kier molecular flexibility index (Phi) is 4.99. The molecule has 0 radical (unpaired) electrons. The lowest BCUT2D eigenvalue weighted by molar-refractivity contribution is 0.105. The van der Waals surface area contributed by atoms with Crippen LogP contribution in [-0.4, -0.2) is 42.6 Å². The highest BCUT2D eigenvalue weighted by molar-refractivity contribution is 5.71. The molecule has 1 aromatic carbocycles. The van der Waals surface area contributed by atoms with Crippen molar-refractivity contribution in [3.8, 4) is 0 Å². The van der Waals surface area contributed by atoms with Gasteiger partial charge in [-0.2, -0.15) is 0 Å². The van der Waals surface area contributed by atoms with E-state index >= 15 is 0 Å². The van der Waals surface area contributed by atoms with Gasteiger partial charge in [0.2, 0.25) is 0 Å². The zero-order chi connectivity index (χ0) is 13.7. The number of benzene rings is 1. The highest BCUT2D eigenvalue weighted by Gasteiger charge is 2.18. The molecule has 0 spiro atoms. The third-order valence-electron chi connectivity index (χ3n) is 3.40. The Hall–Kier alpha value is -1.33. The second kappa shape index (κ2) is 6.73. The Morgan fingerprint density at radius 2 is 2.00 bits per heavy atom. The topological polar surface area (TPSA) is 55.7 Å². The Bertz CT molecular complexity index is 408. The molecule has 1 aliphatic rings. The maximum absolute atomic E-state index is 14.0. The molecule has 1 saturated heterocycles. The van der Waals surface area contributed by atoms with Crippen molar-refractivity contribution in [2.45, 2.75) is 25.4 Å². The zero-order valence-corrected chi connectivity index (χ0v) is 11.0. The minimum Gasteiger partial charge on any atom is -0.394 e. The van der Waals surface area contributed by atoms with Crippen LogP contribution >= 0.6 is 0 Å². The number of piperidine rings is 1. The second-order valence-corrected chi connectivity index (χ2v) is 4.90. The molecule has 1 heterocycles. The first-order valence-corrected chi connectivity index (χ1v) is 6.78. The molecule has 4 nitrogen and oxygen atoms in total. The van der Waals surface area contributed by atoms with Crippen molar-refractivity contribution in [1.29, 1.82) is 0 Å². The monoisotopic (exact) mass is 268 g/mol. The molecular formula is C14H21FN2O2. The van der Waals surface area contributed by atoms with Gasteiger partial charge in [0.1, 0.15) is 5.82 Å². The molecule has 5 heteroatoms. The van der Waals surface area contributed by atoms with Gasteiger partial charge in [0.05, 0.1) is 24.1 Å². The van der Waals surface area contributed by atoms with Crippen molar-refractivity contribution in [3.05, 3.63) is 24.0 Å². The highest BCUT2D eigenvalue weighted by Crippen LogP contribution is 2.31. The molecule has 0 amide bonds. The summed E-state index contributed by atoms with van der Waals surface area (Å²) in [5.74, 6) is -0.245. The van der Waals surface area contributed by atoms with Gasteiger partial charge in [-0.1, -0.05) is 6.07 Å². The highest BCUT2D eigenvalue weighted by atomic mass is 19.1. The molecule has 2 rings (SSSR count). The Balaban J connectivity index is 2.15. The minimum atomic E-state index is -0.836.